The quantitative estimate of drug-likeness (QED) is 0.838. The van der Waals surface area contributed by atoms with Gasteiger partial charge in [0.15, 0.2) is 0 Å². The summed E-state index contributed by atoms with van der Waals surface area (Å²) in [6, 6.07) is 6.00. The maximum Gasteiger partial charge on any atom is 0.225 e. The van der Waals surface area contributed by atoms with Gasteiger partial charge in [0, 0.05) is 22.8 Å². The molecule has 2 aliphatic rings. The number of nitrogens with one attached hydrogen (secondary N) is 1. The zero-order valence-corrected chi connectivity index (χ0v) is 16.1. The Morgan fingerprint density at radius 2 is 1.93 bits per heavy atom. The third-order valence-corrected chi connectivity index (χ3v) is 6.71. The van der Waals surface area contributed by atoms with E-state index in [9.17, 15) is 13.4 Å². The van der Waals surface area contributed by atoms with E-state index in [1.807, 2.05) is 0 Å². The van der Waals surface area contributed by atoms with Crippen molar-refractivity contribution in [3.05, 3.63) is 41.3 Å². The standard InChI is InChI=1S/C20H24FN3O2S/c21-15-7-9-16(10-8-15)24-20(17-12-27(26)13-18(17)23-24)22-19(25)11-6-14-4-2-1-3-5-14/h7-10,14H,1-6,11-13H2,(H,22,25)/t27-/m0/s1. The predicted molar refractivity (Wildman–Crippen MR) is 104 cm³/mol. The Kier molecular flexibility index (Phi) is 5.38. The van der Waals surface area contributed by atoms with Gasteiger partial charge in [-0.15, -0.1) is 0 Å². The number of hydrogen-bond acceptors (Lipinski definition) is 3. The first-order chi connectivity index (χ1) is 13.1. The van der Waals surface area contributed by atoms with Gasteiger partial charge in [-0.1, -0.05) is 32.1 Å². The average molecular weight is 389 g/mol. The Morgan fingerprint density at radius 1 is 1.19 bits per heavy atom. The van der Waals surface area contributed by atoms with E-state index in [4.69, 9.17) is 0 Å². The lowest BCUT2D eigenvalue weighted by Crippen LogP contribution is -2.18. The molecule has 1 aliphatic heterocycles. The van der Waals surface area contributed by atoms with Gasteiger partial charge in [0.05, 0.1) is 22.9 Å². The molecule has 0 unspecified atom stereocenters. The molecule has 1 saturated carbocycles. The van der Waals surface area contributed by atoms with Gasteiger partial charge in [0.1, 0.15) is 11.6 Å². The lowest BCUT2D eigenvalue weighted by atomic mass is 9.86. The SMILES string of the molecule is O=C(CCC1CCCCC1)Nc1c2c(nn1-c1ccc(F)cc1)C[S@@](=O)C2. The highest BCUT2D eigenvalue weighted by atomic mass is 32.2. The number of carbonyl (C=O) groups excluding carboxylic acids is 1. The topological polar surface area (TPSA) is 64.0 Å². The zero-order valence-electron chi connectivity index (χ0n) is 15.2. The molecule has 2 heterocycles. The molecule has 1 aromatic carbocycles. The van der Waals surface area contributed by atoms with Crippen LogP contribution in [0.3, 0.4) is 0 Å². The molecular weight excluding hydrogens is 365 g/mol. The number of nitrogens with zero attached hydrogens (tertiary/aromatic N) is 2. The van der Waals surface area contributed by atoms with Crippen molar-refractivity contribution in [1.29, 1.82) is 0 Å². The van der Waals surface area contributed by atoms with Crippen molar-refractivity contribution >= 4 is 22.5 Å². The van der Waals surface area contributed by atoms with Crippen molar-refractivity contribution in [3.8, 4) is 5.69 Å². The minimum atomic E-state index is -0.976. The summed E-state index contributed by atoms with van der Waals surface area (Å²) in [5.41, 5.74) is 2.27. The van der Waals surface area contributed by atoms with Gasteiger partial charge < -0.3 is 5.32 Å². The lowest BCUT2D eigenvalue weighted by Gasteiger charge is -2.21. The Hall–Kier alpha value is -2.02. The second-order valence-corrected chi connectivity index (χ2v) is 8.94. The van der Waals surface area contributed by atoms with Crippen LogP contribution >= 0.6 is 0 Å². The van der Waals surface area contributed by atoms with Crippen molar-refractivity contribution in [1.82, 2.24) is 9.78 Å². The monoisotopic (exact) mass is 389 g/mol. The number of fused-ring (bicyclic) bond motifs is 1. The molecule has 4 rings (SSSR count). The normalized spacial score (nSPS) is 19.8. The summed E-state index contributed by atoms with van der Waals surface area (Å²) in [6.45, 7) is 0. The van der Waals surface area contributed by atoms with Gasteiger partial charge in [-0.2, -0.15) is 5.10 Å². The molecule has 144 valence electrons. The first-order valence-corrected chi connectivity index (χ1v) is 11.1. The Labute approximate surface area is 160 Å². The number of rotatable bonds is 5. The van der Waals surface area contributed by atoms with Crippen LogP contribution in [0.4, 0.5) is 10.2 Å². The van der Waals surface area contributed by atoms with Crippen LogP contribution in [0, 0.1) is 11.7 Å². The molecule has 7 heteroatoms. The number of hydrogen-bond donors (Lipinski definition) is 1. The van der Waals surface area contributed by atoms with E-state index in [1.165, 1.54) is 44.2 Å². The molecule has 1 aliphatic carbocycles. The smallest absolute Gasteiger partial charge is 0.225 e. The van der Waals surface area contributed by atoms with E-state index >= 15 is 0 Å². The maximum atomic E-state index is 13.3. The van der Waals surface area contributed by atoms with Gasteiger partial charge in [0.25, 0.3) is 0 Å². The molecule has 0 radical (unpaired) electrons. The molecule has 1 aromatic heterocycles. The highest BCUT2D eigenvalue weighted by molar-refractivity contribution is 7.83. The molecule has 1 fully saturated rings. The van der Waals surface area contributed by atoms with Crippen LogP contribution in [0.5, 0.6) is 0 Å². The van der Waals surface area contributed by atoms with Crippen LogP contribution in [0.15, 0.2) is 24.3 Å². The lowest BCUT2D eigenvalue weighted by molar-refractivity contribution is -0.116. The second-order valence-electron chi connectivity index (χ2n) is 7.48. The van der Waals surface area contributed by atoms with Crippen LogP contribution in [0.2, 0.25) is 0 Å². The number of amides is 1. The number of benzene rings is 1. The van der Waals surface area contributed by atoms with Crippen LogP contribution in [-0.2, 0) is 27.1 Å². The minimum Gasteiger partial charge on any atom is -0.310 e. The second kappa shape index (κ2) is 7.92. The van der Waals surface area contributed by atoms with E-state index in [-0.39, 0.29) is 11.7 Å². The van der Waals surface area contributed by atoms with E-state index in [1.54, 1.807) is 16.8 Å². The third-order valence-electron chi connectivity index (χ3n) is 5.50. The molecule has 1 amide bonds. The zero-order chi connectivity index (χ0) is 18.8. The van der Waals surface area contributed by atoms with Crippen molar-refractivity contribution in [2.75, 3.05) is 5.32 Å². The Balaban J connectivity index is 1.52. The first-order valence-electron chi connectivity index (χ1n) is 9.61. The van der Waals surface area contributed by atoms with Gasteiger partial charge >= 0.3 is 0 Å². The number of aromatic nitrogens is 2. The third kappa shape index (κ3) is 4.13. The predicted octanol–water partition coefficient (Wildman–Crippen LogP) is 4.07. The summed E-state index contributed by atoms with van der Waals surface area (Å²) >= 11 is 0. The van der Waals surface area contributed by atoms with E-state index in [0.717, 1.165) is 17.7 Å². The summed E-state index contributed by atoms with van der Waals surface area (Å²) in [4.78, 5) is 12.6. The average Bonchev–Trinajstić information content (AvgIpc) is 3.19. The van der Waals surface area contributed by atoms with Crippen LogP contribution < -0.4 is 5.32 Å². The number of halogens is 1. The largest absolute Gasteiger partial charge is 0.310 e. The summed E-state index contributed by atoms with van der Waals surface area (Å²) < 4.78 is 26.8. The molecule has 1 N–H and O–H groups in total. The van der Waals surface area contributed by atoms with Crippen molar-refractivity contribution in [2.24, 2.45) is 5.92 Å². The fourth-order valence-corrected chi connectivity index (χ4v) is 5.30. The maximum absolute atomic E-state index is 13.3. The van der Waals surface area contributed by atoms with Gasteiger partial charge in [-0.3, -0.25) is 9.00 Å². The van der Waals surface area contributed by atoms with Crippen LogP contribution in [-0.4, -0.2) is 19.9 Å². The summed E-state index contributed by atoms with van der Waals surface area (Å²) in [5.74, 6) is 1.66. The molecule has 2 aromatic rings. The Morgan fingerprint density at radius 3 is 2.67 bits per heavy atom. The van der Waals surface area contributed by atoms with E-state index < -0.39 is 10.8 Å². The number of anilines is 1. The highest BCUT2D eigenvalue weighted by Gasteiger charge is 2.28. The number of carbonyl (C=O) groups is 1. The fraction of sp³-hybridized carbons (Fsp3) is 0.500. The molecule has 0 bridgehead atoms. The molecule has 27 heavy (non-hydrogen) atoms. The van der Waals surface area contributed by atoms with Gasteiger partial charge in [0.2, 0.25) is 5.91 Å². The molecule has 5 nitrogen and oxygen atoms in total. The Bertz CT molecular complexity index is 857. The molecule has 0 spiro atoms. The van der Waals surface area contributed by atoms with Crippen molar-refractivity contribution in [2.45, 2.75) is 56.5 Å². The van der Waals surface area contributed by atoms with E-state index in [2.05, 4.69) is 10.4 Å². The van der Waals surface area contributed by atoms with Crippen LogP contribution in [0.25, 0.3) is 5.69 Å². The summed E-state index contributed by atoms with van der Waals surface area (Å²) in [5, 5.41) is 7.53. The fourth-order valence-electron chi connectivity index (χ4n) is 4.03. The van der Waals surface area contributed by atoms with Crippen LogP contribution in [0.1, 0.15) is 56.2 Å². The minimum absolute atomic E-state index is 0.0377. The highest BCUT2D eigenvalue weighted by Crippen LogP contribution is 2.32. The van der Waals surface area contributed by atoms with E-state index in [0.29, 0.717) is 35.3 Å². The molecule has 1 atom stereocenters. The van der Waals surface area contributed by atoms with Crippen molar-refractivity contribution < 1.29 is 13.4 Å². The summed E-state index contributed by atoms with van der Waals surface area (Å²) in [6.07, 6.45) is 7.67. The molecular formula is C20H24FN3O2S. The van der Waals surface area contributed by atoms with Gasteiger partial charge in [-0.25, -0.2) is 9.07 Å². The van der Waals surface area contributed by atoms with Gasteiger partial charge in [-0.05, 0) is 36.6 Å². The molecule has 0 saturated heterocycles. The first kappa shape index (κ1) is 18.3. The van der Waals surface area contributed by atoms with Crippen molar-refractivity contribution in [3.63, 3.8) is 0 Å². The summed E-state index contributed by atoms with van der Waals surface area (Å²) in [7, 11) is -0.976.